The third-order valence-corrected chi connectivity index (χ3v) is 4.27. The van der Waals surface area contributed by atoms with Crippen LogP contribution in [0.15, 0.2) is 12.1 Å². The zero-order valence-corrected chi connectivity index (χ0v) is 11.3. The van der Waals surface area contributed by atoms with E-state index in [4.69, 9.17) is 5.11 Å². The van der Waals surface area contributed by atoms with Crippen LogP contribution in [-0.2, 0) is 6.54 Å². The lowest BCUT2D eigenvalue weighted by Crippen LogP contribution is -2.24. The standard InChI is InChI=1S/C13H20N2O2S/c16-13(17)12-5-4-11(18-12)10-14-6-3-9-15-7-1-2-8-15/h4-5,14H,1-3,6-10H2,(H,16,17). The highest BCUT2D eigenvalue weighted by Gasteiger charge is 2.10. The fraction of sp³-hybridized carbons (Fsp3) is 0.615. The average molecular weight is 268 g/mol. The fourth-order valence-corrected chi connectivity index (χ4v) is 3.05. The maximum atomic E-state index is 10.7. The van der Waals surface area contributed by atoms with Gasteiger partial charge in [0.25, 0.3) is 0 Å². The van der Waals surface area contributed by atoms with Crippen molar-refractivity contribution in [3.8, 4) is 0 Å². The van der Waals surface area contributed by atoms with E-state index in [-0.39, 0.29) is 0 Å². The molecule has 5 heteroatoms. The number of nitrogens with one attached hydrogen (secondary N) is 1. The minimum Gasteiger partial charge on any atom is -0.477 e. The lowest BCUT2D eigenvalue weighted by molar-refractivity contribution is 0.0702. The van der Waals surface area contributed by atoms with Gasteiger partial charge in [-0.3, -0.25) is 0 Å². The number of rotatable bonds is 7. The third-order valence-electron chi connectivity index (χ3n) is 3.20. The van der Waals surface area contributed by atoms with Crippen molar-refractivity contribution in [3.63, 3.8) is 0 Å². The van der Waals surface area contributed by atoms with Crippen LogP contribution >= 0.6 is 11.3 Å². The number of likely N-dealkylation sites (tertiary alicyclic amines) is 1. The molecule has 0 saturated carbocycles. The van der Waals surface area contributed by atoms with Gasteiger partial charge in [-0.05, 0) is 57.6 Å². The Morgan fingerprint density at radius 1 is 1.39 bits per heavy atom. The molecule has 1 aliphatic rings. The molecule has 100 valence electrons. The van der Waals surface area contributed by atoms with Crippen LogP contribution in [0.1, 0.15) is 33.8 Å². The van der Waals surface area contributed by atoms with E-state index in [0.29, 0.717) is 4.88 Å². The highest BCUT2D eigenvalue weighted by atomic mass is 32.1. The number of carbonyl (C=O) groups is 1. The lowest BCUT2D eigenvalue weighted by Gasteiger charge is -2.14. The molecular formula is C13H20N2O2S. The van der Waals surface area contributed by atoms with Gasteiger partial charge in [0.1, 0.15) is 4.88 Å². The van der Waals surface area contributed by atoms with Crippen molar-refractivity contribution in [2.45, 2.75) is 25.8 Å². The molecule has 0 spiro atoms. The zero-order valence-electron chi connectivity index (χ0n) is 10.5. The highest BCUT2D eigenvalue weighted by molar-refractivity contribution is 7.13. The van der Waals surface area contributed by atoms with Crippen molar-refractivity contribution >= 4 is 17.3 Å². The van der Waals surface area contributed by atoms with Crippen LogP contribution in [-0.4, -0.2) is 42.2 Å². The second-order valence-corrected chi connectivity index (χ2v) is 5.82. The first-order valence-corrected chi connectivity index (χ1v) is 7.32. The maximum absolute atomic E-state index is 10.7. The Morgan fingerprint density at radius 3 is 2.83 bits per heavy atom. The summed E-state index contributed by atoms with van der Waals surface area (Å²) in [6, 6.07) is 3.57. The molecule has 0 atom stereocenters. The van der Waals surface area contributed by atoms with Gasteiger partial charge in [-0.15, -0.1) is 11.3 Å². The number of hydrogen-bond acceptors (Lipinski definition) is 4. The lowest BCUT2D eigenvalue weighted by atomic mass is 10.3. The molecule has 0 bridgehead atoms. The molecule has 2 heterocycles. The molecule has 0 unspecified atom stereocenters. The fourth-order valence-electron chi connectivity index (χ4n) is 2.23. The summed E-state index contributed by atoms with van der Waals surface area (Å²) in [5.41, 5.74) is 0. The summed E-state index contributed by atoms with van der Waals surface area (Å²) >= 11 is 1.35. The maximum Gasteiger partial charge on any atom is 0.345 e. The van der Waals surface area contributed by atoms with E-state index >= 15 is 0 Å². The Balaban J connectivity index is 1.58. The van der Waals surface area contributed by atoms with Crippen molar-refractivity contribution < 1.29 is 9.90 Å². The number of carboxylic acids is 1. The average Bonchev–Trinajstić information content (AvgIpc) is 2.98. The molecular weight excluding hydrogens is 248 g/mol. The molecule has 2 N–H and O–H groups in total. The SMILES string of the molecule is O=C(O)c1ccc(CNCCCN2CCCC2)s1. The molecule has 2 rings (SSSR count). The Bertz CT molecular complexity index is 386. The number of hydrogen-bond donors (Lipinski definition) is 2. The monoisotopic (exact) mass is 268 g/mol. The summed E-state index contributed by atoms with van der Waals surface area (Å²) in [5, 5.41) is 12.2. The normalized spacial score (nSPS) is 16.2. The van der Waals surface area contributed by atoms with Crippen LogP contribution in [0.4, 0.5) is 0 Å². The second kappa shape index (κ2) is 6.87. The van der Waals surface area contributed by atoms with Gasteiger partial charge in [-0.2, -0.15) is 0 Å². The molecule has 1 aliphatic heterocycles. The molecule has 18 heavy (non-hydrogen) atoms. The van der Waals surface area contributed by atoms with Gasteiger partial charge in [0.15, 0.2) is 0 Å². The smallest absolute Gasteiger partial charge is 0.345 e. The Labute approximate surface area is 112 Å². The highest BCUT2D eigenvalue weighted by Crippen LogP contribution is 2.16. The largest absolute Gasteiger partial charge is 0.477 e. The van der Waals surface area contributed by atoms with Gasteiger partial charge in [0.05, 0.1) is 0 Å². The first-order chi connectivity index (χ1) is 8.75. The van der Waals surface area contributed by atoms with E-state index < -0.39 is 5.97 Å². The van der Waals surface area contributed by atoms with E-state index in [0.717, 1.165) is 24.4 Å². The molecule has 0 aliphatic carbocycles. The molecule has 1 fully saturated rings. The van der Waals surface area contributed by atoms with E-state index in [9.17, 15) is 4.79 Å². The predicted octanol–water partition coefficient (Wildman–Crippen LogP) is 2.02. The van der Waals surface area contributed by atoms with E-state index in [2.05, 4.69) is 10.2 Å². The summed E-state index contributed by atoms with van der Waals surface area (Å²) in [6.45, 7) is 5.46. The minimum absolute atomic E-state index is 0.420. The van der Waals surface area contributed by atoms with Crippen molar-refractivity contribution in [1.82, 2.24) is 10.2 Å². The van der Waals surface area contributed by atoms with E-state index in [1.807, 2.05) is 6.07 Å². The van der Waals surface area contributed by atoms with Crippen molar-refractivity contribution in [3.05, 3.63) is 21.9 Å². The molecule has 0 radical (unpaired) electrons. The van der Waals surface area contributed by atoms with Gasteiger partial charge in [0.2, 0.25) is 0 Å². The molecule has 4 nitrogen and oxygen atoms in total. The number of carboxylic acid groups (broad SMARTS) is 1. The molecule has 1 aromatic rings. The Hall–Kier alpha value is -0.910. The van der Waals surface area contributed by atoms with Gasteiger partial charge >= 0.3 is 5.97 Å². The Morgan fingerprint density at radius 2 is 2.17 bits per heavy atom. The first kappa shape index (κ1) is 13.5. The summed E-state index contributed by atoms with van der Waals surface area (Å²) in [6.07, 6.45) is 3.86. The minimum atomic E-state index is -0.833. The molecule has 1 aromatic heterocycles. The topological polar surface area (TPSA) is 52.6 Å². The quantitative estimate of drug-likeness (QED) is 0.743. The van der Waals surface area contributed by atoms with Crippen LogP contribution < -0.4 is 5.32 Å². The van der Waals surface area contributed by atoms with Gasteiger partial charge in [-0.1, -0.05) is 0 Å². The van der Waals surface area contributed by atoms with Crippen LogP contribution in [0.5, 0.6) is 0 Å². The van der Waals surface area contributed by atoms with Crippen LogP contribution in [0.2, 0.25) is 0 Å². The predicted molar refractivity (Wildman–Crippen MR) is 73.3 cm³/mol. The molecule has 0 amide bonds. The summed E-state index contributed by atoms with van der Waals surface area (Å²) in [4.78, 5) is 14.7. The number of aromatic carboxylic acids is 1. The first-order valence-electron chi connectivity index (χ1n) is 6.51. The summed E-state index contributed by atoms with van der Waals surface area (Å²) in [7, 11) is 0. The third kappa shape index (κ3) is 4.08. The van der Waals surface area contributed by atoms with Crippen LogP contribution in [0.25, 0.3) is 0 Å². The van der Waals surface area contributed by atoms with Crippen molar-refractivity contribution in [2.24, 2.45) is 0 Å². The molecule has 1 saturated heterocycles. The van der Waals surface area contributed by atoms with E-state index in [1.165, 1.54) is 43.8 Å². The van der Waals surface area contributed by atoms with Gasteiger partial charge in [-0.25, -0.2) is 4.79 Å². The second-order valence-electron chi connectivity index (χ2n) is 4.65. The summed E-state index contributed by atoms with van der Waals surface area (Å²) < 4.78 is 0. The van der Waals surface area contributed by atoms with Crippen LogP contribution in [0, 0.1) is 0 Å². The number of nitrogens with zero attached hydrogens (tertiary/aromatic N) is 1. The van der Waals surface area contributed by atoms with Crippen molar-refractivity contribution in [2.75, 3.05) is 26.2 Å². The zero-order chi connectivity index (χ0) is 12.8. The number of thiophene rings is 1. The van der Waals surface area contributed by atoms with Gasteiger partial charge in [0, 0.05) is 11.4 Å². The van der Waals surface area contributed by atoms with Crippen LogP contribution in [0.3, 0.4) is 0 Å². The van der Waals surface area contributed by atoms with E-state index in [1.54, 1.807) is 6.07 Å². The van der Waals surface area contributed by atoms with Crippen molar-refractivity contribution in [1.29, 1.82) is 0 Å². The molecule has 0 aromatic carbocycles. The van der Waals surface area contributed by atoms with Gasteiger partial charge < -0.3 is 15.3 Å². The Kier molecular flexibility index (Phi) is 5.16. The summed E-state index contributed by atoms with van der Waals surface area (Å²) in [5.74, 6) is -0.833.